The highest BCUT2D eigenvalue weighted by Crippen LogP contribution is 2.27. The number of ether oxygens (including phenoxy) is 1. The van der Waals surface area contributed by atoms with Crippen molar-refractivity contribution in [3.8, 4) is 5.75 Å². The zero-order valence-corrected chi connectivity index (χ0v) is 21.4. The summed E-state index contributed by atoms with van der Waals surface area (Å²) in [5.41, 5.74) is 4.88. The fourth-order valence-electron chi connectivity index (χ4n) is 4.03. The van der Waals surface area contributed by atoms with Crippen molar-refractivity contribution in [3.05, 3.63) is 88.5 Å². The van der Waals surface area contributed by atoms with Gasteiger partial charge in [-0.1, -0.05) is 47.5 Å². The maximum absolute atomic E-state index is 13.9. The van der Waals surface area contributed by atoms with Crippen LogP contribution >= 0.6 is 0 Å². The lowest BCUT2D eigenvalue weighted by Crippen LogP contribution is -2.41. The average Bonchev–Trinajstić information content (AvgIpc) is 2.78. The molecule has 0 saturated heterocycles. The Kier molecular flexibility index (Phi) is 7.79. The highest BCUT2D eigenvalue weighted by Gasteiger charge is 2.31. The summed E-state index contributed by atoms with van der Waals surface area (Å²) in [6.07, 6.45) is 0. The number of benzene rings is 3. The molecule has 0 aromatic heterocycles. The summed E-state index contributed by atoms with van der Waals surface area (Å²) in [4.78, 5) is 15.0. The molecular weight excluding hydrogens is 448 g/mol. The quantitative estimate of drug-likeness (QED) is 0.465. The minimum atomic E-state index is -3.94. The first kappa shape index (κ1) is 25.5. The molecule has 1 amide bonds. The molecule has 0 spiro atoms. The van der Waals surface area contributed by atoms with Gasteiger partial charge in [0.05, 0.1) is 18.6 Å². The van der Waals surface area contributed by atoms with Gasteiger partial charge in [0.1, 0.15) is 5.75 Å². The molecule has 0 bridgehead atoms. The number of rotatable bonds is 8. The summed E-state index contributed by atoms with van der Waals surface area (Å²) in [5.74, 6) is 0.349. The van der Waals surface area contributed by atoms with Crippen LogP contribution in [0.3, 0.4) is 0 Å². The van der Waals surface area contributed by atoms with Crippen LogP contribution in [-0.2, 0) is 21.4 Å². The third kappa shape index (κ3) is 5.66. The fourth-order valence-corrected chi connectivity index (χ4v) is 5.82. The summed E-state index contributed by atoms with van der Waals surface area (Å²) >= 11 is 0. The summed E-state index contributed by atoms with van der Waals surface area (Å²) in [6, 6.07) is 18.4. The molecule has 0 N–H and O–H groups in total. The van der Waals surface area contributed by atoms with E-state index < -0.39 is 10.0 Å². The van der Waals surface area contributed by atoms with E-state index in [1.165, 1.54) is 9.21 Å². The largest absolute Gasteiger partial charge is 0.497 e. The minimum absolute atomic E-state index is 0.0948. The van der Waals surface area contributed by atoms with Crippen LogP contribution in [0.4, 0.5) is 5.69 Å². The lowest BCUT2D eigenvalue weighted by molar-refractivity contribution is -0.118. The summed E-state index contributed by atoms with van der Waals surface area (Å²) in [6.45, 7) is 7.31. The van der Waals surface area contributed by atoms with Crippen molar-refractivity contribution in [2.75, 3.05) is 25.6 Å². The van der Waals surface area contributed by atoms with E-state index in [2.05, 4.69) is 0 Å². The number of nitrogens with zero attached hydrogens (tertiary/aromatic N) is 2. The fraction of sp³-hybridized carbons (Fsp3) is 0.296. The summed E-state index contributed by atoms with van der Waals surface area (Å²) in [7, 11) is -0.725. The second-order valence-corrected chi connectivity index (χ2v) is 10.5. The lowest BCUT2D eigenvalue weighted by atomic mass is 10.1. The molecule has 0 aliphatic carbocycles. The molecule has 3 rings (SSSR count). The van der Waals surface area contributed by atoms with Crippen molar-refractivity contribution in [1.82, 2.24) is 4.31 Å². The number of anilines is 1. The van der Waals surface area contributed by atoms with E-state index >= 15 is 0 Å². The first-order valence-electron chi connectivity index (χ1n) is 11.1. The first-order chi connectivity index (χ1) is 16.0. The molecule has 0 atom stereocenters. The van der Waals surface area contributed by atoms with Crippen LogP contribution in [0, 0.1) is 27.7 Å². The Bertz CT molecular complexity index is 1240. The molecule has 0 saturated carbocycles. The van der Waals surface area contributed by atoms with E-state index in [4.69, 9.17) is 4.74 Å². The summed E-state index contributed by atoms with van der Waals surface area (Å²) in [5, 5.41) is 0. The van der Waals surface area contributed by atoms with Gasteiger partial charge < -0.3 is 9.64 Å². The highest BCUT2D eigenvalue weighted by molar-refractivity contribution is 7.89. The number of carbonyl (C=O) groups excluding carboxylic acids is 1. The second kappa shape index (κ2) is 10.4. The maximum atomic E-state index is 13.9. The van der Waals surface area contributed by atoms with Crippen molar-refractivity contribution in [3.63, 3.8) is 0 Å². The third-order valence-electron chi connectivity index (χ3n) is 5.83. The molecular formula is C27H32N2O4S. The van der Waals surface area contributed by atoms with E-state index in [1.807, 2.05) is 50.2 Å². The molecule has 0 radical (unpaired) electrons. The molecule has 180 valence electrons. The smallest absolute Gasteiger partial charge is 0.244 e. The Balaban J connectivity index is 1.97. The van der Waals surface area contributed by atoms with Crippen LogP contribution in [0.5, 0.6) is 5.75 Å². The molecule has 0 heterocycles. The van der Waals surface area contributed by atoms with E-state index in [0.29, 0.717) is 22.6 Å². The van der Waals surface area contributed by atoms with E-state index in [0.717, 1.165) is 16.7 Å². The van der Waals surface area contributed by atoms with Gasteiger partial charge in [-0.15, -0.1) is 0 Å². The lowest BCUT2D eigenvalue weighted by Gasteiger charge is -2.26. The van der Waals surface area contributed by atoms with E-state index in [1.54, 1.807) is 52.3 Å². The molecule has 0 fully saturated rings. The predicted octanol–water partition coefficient (Wildman–Crippen LogP) is 4.78. The predicted molar refractivity (Wildman–Crippen MR) is 136 cm³/mol. The number of hydrogen-bond acceptors (Lipinski definition) is 4. The topological polar surface area (TPSA) is 66.9 Å². The van der Waals surface area contributed by atoms with Crippen molar-refractivity contribution < 1.29 is 17.9 Å². The molecule has 6 nitrogen and oxygen atoms in total. The number of aryl methyl sites for hydroxylation is 4. The maximum Gasteiger partial charge on any atom is 0.244 e. The minimum Gasteiger partial charge on any atom is -0.497 e. The van der Waals surface area contributed by atoms with Gasteiger partial charge in [0.2, 0.25) is 15.9 Å². The number of sulfonamides is 1. The molecule has 7 heteroatoms. The highest BCUT2D eigenvalue weighted by atomic mass is 32.2. The summed E-state index contributed by atoms with van der Waals surface area (Å²) < 4.78 is 34.2. The van der Waals surface area contributed by atoms with Crippen molar-refractivity contribution in [2.24, 2.45) is 0 Å². The van der Waals surface area contributed by atoms with Crippen molar-refractivity contribution in [2.45, 2.75) is 39.1 Å². The number of carbonyl (C=O) groups is 1. The van der Waals surface area contributed by atoms with E-state index in [9.17, 15) is 13.2 Å². The normalized spacial score (nSPS) is 11.5. The van der Waals surface area contributed by atoms with Gasteiger partial charge in [-0.3, -0.25) is 4.79 Å². The Morgan fingerprint density at radius 2 is 1.41 bits per heavy atom. The monoisotopic (exact) mass is 480 g/mol. The number of likely N-dealkylation sites (N-methyl/N-ethyl adjacent to an activating group) is 1. The average molecular weight is 481 g/mol. The van der Waals surface area contributed by atoms with Crippen molar-refractivity contribution >= 4 is 21.6 Å². The molecule has 34 heavy (non-hydrogen) atoms. The van der Waals surface area contributed by atoms with Crippen molar-refractivity contribution in [1.29, 1.82) is 0 Å². The Hall–Kier alpha value is -3.16. The van der Waals surface area contributed by atoms with Crippen LogP contribution in [0.25, 0.3) is 0 Å². The van der Waals surface area contributed by atoms with Crippen LogP contribution < -0.4 is 9.64 Å². The van der Waals surface area contributed by atoms with Gasteiger partial charge in [0.25, 0.3) is 0 Å². The number of hydrogen-bond donors (Lipinski definition) is 0. The van der Waals surface area contributed by atoms with Crippen LogP contribution in [0.15, 0.2) is 65.6 Å². The van der Waals surface area contributed by atoms with Crippen LogP contribution in [0.1, 0.15) is 27.8 Å². The van der Waals surface area contributed by atoms with Crippen LogP contribution in [0.2, 0.25) is 0 Å². The van der Waals surface area contributed by atoms with Gasteiger partial charge in [0, 0.05) is 19.3 Å². The first-order valence-corrected chi connectivity index (χ1v) is 12.5. The third-order valence-corrected chi connectivity index (χ3v) is 7.93. The molecule has 3 aromatic rings. The molecule has 0 aliphatic heterocycles. The van der Waals surface area contributed by atoms with Gasteiger partial charge in [-0.25, -0.2) is 8.42 Å². The van der Waals surface area contributed by atoms with Gasteiger partial charge in [-0.2, -0.15) is 4.31 Å². The Labute approximate surface area is 202 Å². The number of methoxy groups -OCH3 is 1. The zero-order valence-electron chi connectivity index (χ0n) is 20.6. The zero-order chi connectivity index (χ0) is 25.0. The van der Waals surface area contributed by atoms with Gasteiger partial charge in [-0.05, 0) is 68.7 Å². The molecule has 0 aliphatic rings. The van der Waals surface area contributed by atoms with Crippen LogP contribution in [-0.4, -0.2) is 39.3 Å². The van der Waals surface area contributed by atoms with Gasteiger partial charge in [0.15, 0.2) is 0 Å². The Morgan fingerprint density at radius 1 is 0.853 bits per heavy atom. The van der Waals surface area contributed by atoms with E-state index in [-0.39, 0.29) is 23.9 Å². The number of amides is 1. The molecule has 0 unspecified atom stereocenters. The SMILES string of the molecule is COc1ccc(N(C)C(=O)CN(Cc2ccc(C)cc2)S(=O)(=O)c2c(C)cc(C)cc2C)cc1. The standard InChI is InChI=1S/C27H32N2O4S/c1-19-7-9-23(10-8-19)17-29(34(31,32)27-21(3)15-20(2)16-22(27)4)18-26(30)28(5)24-11-13-25(33-6)14-12-24/h7-16H,17-18H2,1-6H3. The van der Waals surface area contributed by atoms with Gasteiger partial charge >= 0.3 is 0 Å². The second-order valence-electron chi connectivity index (χ2n) is 8.64. The molecule has 3 aromatic carbocycles. The Morgan fingerprint density at radius 3 is 1.94 bits per heavy atom.